The predicted octanol–water partition coefficient (Wildman–Crippen LogP) is 6.72. The van der Waals surface area contributed by atoms with Crippen LogP contribution in [0.4, 0.5) is 0 Å². The monoisotopic (exact) mass is 689 g/mol. The van der Waals surface area contributed by atoms with Crippen LogP contribution < -0.4 is 11.1 Å². The summed E-state index contributed by atoms with van der Waals surface area (Å²) in [5, 5.41) is 13.6. The summed E-state index contributed by atoms with van der Waals surface area (Å²) >= 11 is 0. The number of rotatable bonds is 7. The summed E-state index contributed by atoms with van der Waals surface area (Å²) in [5.74, 6) is 1.43. The Kier molecular flexibility index (Phi) is 8.53. The van der Waals surface area contributed by atoms with E-state index in [1.54, 1.807) is 12.1 Å². The van der Waals surface area contributed by atoms with E-state index < -0.39 is 15.8 Å². The Bertz CT molecular complexity index is 1680. The lowest BCUT2D eigenvalue weighted by atomic mass is 9.34. The van der Waals surface area contributed by atoms with Crippen LogP contribution in [-0.4, -0.2) is 73.2 Å². The smallest absolute Gasteiger partial charge is 0.335 e. The third kappa shape index (κ3) is 5.36. The van der Waals surface area contributed by atoms with Crippen LogP contribution in [0.1, 0.15) is 102 Å². The molecule has 268 valence electrons. The van der Waals surface area contributed by atoms with Crippen molar-refractivity contribution in [2.45, 2.75) is 97.1 Å². The van der Waals surface area contributed by atoms with Crippen molar-refractivity contribution in [3.63, 3.8) is 0 Å². The lowest BCUT2D eigenvalue weighted by molar-refractivity contribution is -0.181. The number of carbonyl (C=O) groups is 1. The van der Waals surface area contributed by atoms with Crippen molar-refractivity contribution in [1.82, 2.24) is 10.2 Å². The van der Waals surface area contributed by atoms with Gasteiger partial charge in [0.15, 0.2) is 9.84 Å². The first kappa shape index (κ1) is 35.2. The minimum atomic E-state index is -2.88. The minimum Gasteiger partial charge on any atom is -0.478 e. The number of aromatic carboxylic acids is 1. The molecule has 0 spiro atoms. The third-order valence-electron chi connectivity index (χ3n) is 15.4. The van der Waals surface area contributed by atoms with Crippen molar-refractivity contribution in [3.05, 3.63) is 65.3 Å². The molecule has 0 amide bonds. The second-order valence-electron chi connectivity index (χ2n) is 17.9. The van der Waals surface area contributed by atoms with Gasteiger partial charge < -0.3 is 21.1 Å². The Morgan fingerprint density at radius 3 is 2.33 bits per heavy atom. The number of allylic oxidation sites excluding steroid dienone is 3. The average Bonchev–Trinajstić information content (AvgIpc) is 3.42. The maximum atomic E-state index is 12.0. The SMILES string of the molecule is C=C(C)C1=CCC2(NCCN3CCS(=O)(=O)CC3)CC[C@]3(N)[C@H](CC[C@@H]4[C@@]5(C)CC=C(c6ccc(C(=O)O)cc6)C(C)(C)[C@@H]5CC[C@]43C)[C@@H]12. The van der Waals surface area contributed by atoms with Gasteiger partial charge in [-0.2, -0.15) is 0 Å². The maximum absolute atomic E-state index is 12.0. The van der Waals surface area contributed by atoms with E-state index in [-0.39, 0.29) is 38.8 Å². The number of carboxylic acid groups (broad SMARTS) is 1. The Hall–Kier alpha value is -2.26. The molecule has 3 saturated carbocycles. The van der Waals surface area contributed by atoms with E-state index in [4.69, 9.17) is 5.73 Å². The Labute approximate surface area is 294 Å². The van der Waals surface area contributed by atoms with E-state index in [2.05, 4.69) is 63.6 Å². The summed E-state index contributed by atoms with van der Waals surface area (Å²) < 4.78 is 24.0. The molecule has 1 saturated heterocycles. The Balaban J connectivity index is 1.15. The van der Waals surface area contributed by atoms with Crippen LogP contribution in [0.5, 0.6) is 0 Å². The van der Waals surface area contributed by atoms with Crippen LogP contribution in [0, 0.1) is 39.9 Å². The molecular formula is C41H59N3O4S. The molecule has 1 heterocycles. The number of hydrogen-bond acceptors (Lipinski definition) is 6. The van der Waals surface area contributed by atoms with E-state index in [1.165, 1.54) is 23.1 Å². The molecule has 0 bridgehead atoms. The number of carboxylic acids is 1. The summed E-state index contributed by atoms with van der Waals surface area (Å²) in [6.07, 6.45) is 13.7. The second kappa shape index (κ2) is 11.9. The van der Waals surface area contributed by atoms with Gasteiger partial charge in [-0.15, -0.1) is 0 Å². The molecule has 5 aliphatic carbocycles. The summed E-state index contributed by atoms with van der Waals surface area (Å²) in [4.78, 5) is 13.8. The molecule has 0 aromatic heterocycles. The highest BCUT2D eigenvalue weighted by Gasteiger charge is 2.70. The van der Waals surface area contributed by atoms with Crippen LogP contribution in [0.2, 0.25) is 0 Å². The molecule has 1 aromatic rings. The third-order valence-corrected chi connectivity index (χ3v) is 17.0. The molecule has 1 aliphatic heterocycles. The molecule has 8 heteroatoms. The summed E-state index contributed by atoms with van der Waals surface area (Å²) in [6, 6.07) is 7.49. The molecule has 49 heavy (non-hydrogen) atoms. The van der Waals surface area contributed by atoms with Gasteiger partial charge in [-0.3, -0.25) is 0 Å². The van der Waals surface area contributed by atoms with E-state index >= 15 is 0 Å². The van der Waals surface area contributed by atoms with Crippen molar-refractivity contribution in [2.24, 2.45) is 45.7 Å². The van der Waals surface area contributed by atoms with E-state index in [0.717, 1.165) is 63.6 Å². The lowest BCUT2D eigenvalue weighted by Crippen LogP contribution is -2.75. The van der Waals surface area contributed by atoms with Gasteiger partial charge in [0, 0.05) is 43.2 Å². The molecule has 6 aliphatic rings. The minimum absolute atomic E-state index is 0.0192. The fourth-order valence-corrected chi connectivity index (χ4v) is 14.2. The van der Waals surface area contributed by atoms with Crippen molar-refractivity contribution >= 4 is 21.4 Å². The topological polar surface area (TPSA) is 113 Å². The fraction of sp³-hybridized carbons (Fsp3) is 0.683. The predicted molar refractivity (Wildman–Crippen MR) is 198 cm³/mol. The van der Waals surface area contributed by atoms with Crippen molar-refractivity contribution in [1.29, 1.82) is 0 Å². The van der Waals surface area contributed by atoms with E-state index in [1.807, 2.05) is 12.1 Å². The zero-order valence-electron chi connectivity index (χ0n) is 30.5. The van der Waals surface area contributed by atoms with Crippen LogP contribution in [0.25, 0.3) is 5.57 Å². The lowest BCUT2D eigenvalue weighted by Gasteiger charge is -2.72. The van der Waals surface area contributed by atoms with E-state index in [0.29, 0.717) is 42.3 Å². The first-order valence-corrected chi connectivity index (χ1v) is 20.7. The number of benzene rings is 1. The molecule has 1 aromatic carbocycles. The molecule has 4 fully saturated rings. The van der Waals surface area contributed by atoms with Gasteiger partial charge in [0.05, 0.1) is 17.1 Å². The molecule has 7 nitrogen and oxygen atoms in total. The standard InChI is InChI=1S/C41H59N3O4S/c1-27(2)30-13-18-40(43-21-22-44-23-25-49(47,48)26-24-44)19-20-41(42)32(35(30)40)11-12-34-38(5)16-14-31(28-7-9-29(10-8-28)36(45)46)37(3,4)33(38)15-17-39(34,41)6/h7-10,13-14,32-35,43H,1,11-12,15-26,42H2,2-6H3,(H,45,46)/t32-,33+,34-,35-,38+,39-,40?,41+/m1/s1. The molecule has 1 unspecified atom stereocenters. The highest BCUT2D eigenvalue weighted by molar-refractivity contribution is 7.91. The highest BCUT2D eigenvalue weighted by Crippen LogP contribution is 2.73. The van der Waals surface area contributed by atoms with Crippen LogP contribution in [0.15, 0.2) is 54.1 Å². The van der Waals surface area contributed by atoms with Crippen LogP contribution in [-0.2, 0) is 9.84 Å². The molecular weight excluding hydrogens is 631 g/mol. The van der Waals surface area contributed by atoms with Crippen LogP contribution in [0.3, 0.4) is 0 Å². The highest BCUT2D eigenvalue weighted by atomic mass is 32.2. The number of sulfone groups is 1. The van der Waals surface area contributed by atoms with Gasteiger partial charge in [0.1, 0.15) is 0 Å². The van der Waals surface area contributed by atoms with Gasteiger partial charge in [-0.1, -0.05) is 64.1 Å². The van der Waals surface area contributed by atoms with Gasteiger partial charge in [-0.25, -0.2) is 13.2 Å². The number of nitrogens with two attached hydrogens (primary N) is 1. The van der Waals surface area contributed by atoms with Crippen LogP contribution >= 0.6 is 0 Å². The summed E-state index contributed by atoms with van der Waals surface area (Å²) in [6.45, 7) is 19.6. The molecule has 7 rings (SSSR count). The van der Waals surface area contributed by atoms with Crippen molar-refractivity contribution in [3.8, 4) is 0 Å². The average molecular weight is 690 g/mol. The van der Waals surface area contributed by atoms with Gasteiger partial charge in [-0.05, 0) is 121 Å². The number of nitrogens with one attached hydrogen (secondary N) is 1. The first-order valence-electron chi connectivity index (χ1n) is 18.8. The number of hydrogen-bond donors (Lipinski definition) is 3. The van der Waals surface area contributed by atoms with Gasteiger partial charge in [0.2, 0.25) is 0 Å². The quantitative estimate of drug-likeness (QED) is 0.292. The fourth-order valence-electron chi connectivity index (χ4n) is 12.9. The second-order valence-corrected chi connectivity index (χ2v) is 20.2. The Morgan fingerprint density at radius 1 is 0.980 bits per heavy atom. The Morgan fingerprint density at radius 2 is 1.67 bits per heavy atom. The van der Waals surface area contributed by atoms with Crippen molar-refractivity contribution < 1.29 is 18.3 Å². The van der Waals surface area contributed by atoms with E-state index in [9.17, 15) is 18.3 Å². The zero-order valence-corrected chi connectivity index (χ0v) is 31.3. The first-order chi connectivity index (χ1) is 23.0. The van der Waals surface area contributed by atoms with Crippen molar-refractivity contribution in [2.75, 3.05) is 37.7 Å². The maximum Gasteiger partial charge on any atom is 0.335 e. The summed E-state index contributed by atoms with van der Waals surface area (Å²) in [7, 11) is -2.88. The summed E-state index contributed by atoms with van der Waals surface area (Å²) in [5.41, 5.74) is 13.3. The largest absolute Gasteiger partial charge is 0.478 e. The van der Waals surface area contributed by atoms with Gasteiger partial charge in [0.25, 0.3) is 0 Å². The molecule has 4 N–H and O–H groups in total. The number of nitrogens with zero attached hydrogens (tertiary/aromatic N) is 1. The number of fused-ring (bicyclic) bond motifs is 7. The normalized spacial score (nSPS) is 40.9. The zero-order chi connectivity index (χ0) is 35.2. The van der Waals surface area contributed by atoms with Gasteiger partial charge >= 0.3 is 5.97 Å². The molecule has 0 radical (unpaired) electrons. The molecule has 8 atom stereocenters.